The third kappa shape index (κ3) is 4.47. The molecular formula is C40H41N2+. The van der Waals surface area contributed by atoms with Crippen LogP contribution in [0.25, 0.3) is 21.5 Å². The van der Waals surface area contributed by atoms with Crippen LogP contribution in [0.3, 0.4) is 0 Å². The Morgan fingerprint density at radius 3 is 2.07 bits per heavy atom. The monoisotopic (exact) mass is 549 g/mol. The summed E-state index contributed by atoms with van der Waals surface area (Å²) in [5.41, 5.74) is 9.11. The summed E-state index contributed by atoms with van der Waals surface area (Å²) in [6.45, 7) is 11.5. The Bertz CT molecular complexity index is 1900. The van der Waals surface area contributed by atoms with Crippen LogP contribution in [-0.2, 0) is 10.8 Å². The molecule has 2 aliphatic heterocycles. The Labute approximate surface area is 251 Å². The van der Waals surface area contributed by atoms with E-state index in [1.165, 1.54) is 61.0 Å². The SMILES string of the molecule is CC(/C=C/C=C/C1=[N+](C)c2ccc3ccccc3c2C1(C)C)=C\C=C\C=C1\N(C)c2ccc3ccccc3c2C1(C)C. The standard InChI is InChI=1S/C40H41N2/c1-28(16-8-14-22-35-39(2,3)37-31-20-12-10-18-29(31)24-26-33(37)41(35)6)17-9-15-23-36-40(4,5)38-32-21-13-11-19-30(32)25-27-34(38)42(36)7/h8-27H,1-7H3/q+1. The molecule has 2 heteroatoms. The fraction of sp³-hybridized carbons (Fsp3) is 0.225. The summed E-state index contributed by atoms with van der Waals surface area (Å²) in [7, 11) is 4.36. The number of allylic oxidation sites excluding steroid dienone is 10. The first kappa shape index (κ1) is 27.7. The number of hydrogen-bond donors (Lipinski definition) is 0. The van der Waals surface area contributed by atoms with Gasteiger partial charge in [0.25, 0.3) is 0 Å². The number of anilines is 1. The van der Waals surface area contributed by atoms with Crippen molar-refractivity contribution in [2.24, 2.45) is 0 Å². The molecule has 4 aromatic rings. The number of benzene rings is 4. The number of rotatable bonds is 5. The maximum atomic E-state index is 2.34. The lowest BCUT2D eigenvalue weighted by Crippen LogP contribution is -2.26. The summed E-state index contributed by atoms with van der Waals surface area (Å²) in [5, 5.41) is 5.29. The van der Waals surface area contributed by atoms with E-state index in [1.807, 2.05) is 0 Å². The summed E-state index contributed by atoms with van der Waals surface area (Å²) in [4.78, 5) is 2.34. The van der Waals surface area contributed by atoms with Crippen LogP contribution in [-0.4, -0.2) is 24.4 Å². The molecule has 2 aliphatic rings. The van der Waals surface area contributed by atoms with Gasteiger partial charge in [-0.05, 0) is 66.1 Å². The second-order valence-corrected chi connectivity index (χ2v) is 12.7. The van der Waals surface area contributed by atoms with E-state index in [0.29, 0.717) is 0 Å². The van der Waals surface area contributed by atoms with Gasteiger partial charge in [-0.1, -0.05) is 110 Å². The minimum Gasteiger partial charge on any atom is -0.347 e. The van der Waals surface area contributed by atoms with Crippen molar-refractivity contribution in [3.05, 3.63) is 144 Å². The predicted octanol–water partition coefficient (Wildman–Crippen LogP) is 9.93. The lowest BCUT2D eigenvalue weighted by molar-refractivity contribution is -0.401. The van der Waals surface area contributed by atoms with Crippen LogP contribution in [0.15, 0.2) is 133 Å². The van der Waals surface area contributed by atoms with Gasteiger partial charge in [-0.3, -0.25) is 0 Å². The van der Waals surface area contributed by atoms with Crippen LogP contribution in [0, 0.1) is 0 Å². The Balaban J connectivity index is 1.17. The molecule has 2 heterocycles. The molecule has 4 aromatic carbocycles. The van der Waals surface area contributed by atoms with Gasteiger partial charge in [0.1, 0.15) is 7.05 Å². The Hall–Kier alpha value is -4.43. The molecule has 0 aliphatic carbocycles. The van der Waals surface area contributed by atoms with Crippen molar-refractivity contribution in [2.75, 3.05) is 19.0 Å². The zero-order chi connectivity index (χ0) is 29.6. The number of hydrogen-bond acceptors (Lipinski definition) is 1. The van der Waals surface area contributed by atoms with Gasteiger partial charge in [0.05, 0.1) is 5.41 Å². The Morgan fingerprint density at radius 1 is 0.714 bits per heavy atom. The van der Waals surface area contributed by atoms with Crippen LogP contribution >= 0.6 is 0 Å². The van der Waals surface area contributed by atoms with Gasteiger partial charge in [-0.15, -0.1) is 0 Å². The molecule has 0 spiro atoms. The zero-order valence-corrected chi connectivity index (χ0v) is 25.9. The quantitative estimate of drug-likeness (QED) is 0.177. The van der Waals surface area contributed by atoms with E-state index < -0.39 is 0 Å². The fourth-order valence-electron chi connectivity index (χ4n) is 7.15. The second-order valence-electron chi connectivity index (χ2n) is 12.7. The first-order chi connectivity index (χ1) is 20.1. The lowest BCUT2D eigenvalue weighted by atomic mass is 9.79. The minimum absolute atomic E-state index is 0.0659. The average Bonchev–Trinajstić information content (AvgIpc) is 3.30. The van der Waals surface area contributed by atoms with E-state index in [2.05, 4.69) is 180 Å². The minimum atomic E-state index is -0.0659. The molecule has 0 saturated carbocycles. The van der Waals surface area contributed by atoms with Gasteiger partial charge >= 0.3 is 0 Å². The maximum Gasteiger partial charge on any atom is 0.210 e. The van der Waals surface area contributed by atoms with E-state index in [0.717, 1.165) is 0 Å². The molecular weight excluding hydrogens is 508 g/mol. The normalized spacial score (nSPS) is 19.0. The van der Waals surface area contributed by atoms with Crippen LogP contribution in [0.2, 0.25) is 0 Å². The Morgan fingerprint density at radius 2 is 1.36 bits per heavy atom. The molecule has 42 heavy (non-hydrogen) atoms. The van der Waals surface area contributed by atoms with Crippen molar-refractivity contribution >= 4 is 38.6 Å². The smallest absolute Gasteiger partial charge is 0.210 e. The molecule has 0 aromatic heterocycles. The van der Waals surface area contributed by atoms with Gasteiger partial charge in [-0.2, -0.15) is 4.58 Å². The molecule has 0 fully saturated rings. The van der Waals surface area contributed by atoms with Crippen molar-refractivity contribution in [1.29, 1.82) is 0 Å². The van der Waals surface area contributed by atoms with Crippen molar-refractivity contribution in [3.8, 4) is 0 Å². The summed E-state index contributed by atoms with van der Waals surface area (Å²) >= 11 is 0. The van der Waals surface area contributed by atoms with Gasteiger partial charge in [0, 0.05) is 41.6 Å². The Kier molecular flexibility index (Phi) is 6.89. The van der Waals surface area contributed by atoms with Crippen LogP contribution < -0.4 is 4.90 Å². The number of fused-ring (bicyclic) bond motifs is 6. The van der Waals surface area contributed by atoms with Gasteiger partial charge < -0.3 is 4.90 Å². The maximum absolute atomic E-state index is 2.34. The molecule has 0 atom stereocenters. The first-order valence-corrected chi connectivity index (χ1v) is 14.9. The highest BCUT2D eigenvalue weighted by Gasteiger charge is 2.44. The molecule has 0 N–H and O–H groups in total. The molecule has 0 amide bonds. The van der Waals surface area contributed by atoms with Gasteiger partial charge in [-0.25, -0.2) is 0 Å². The average molecular weight is 550 g/mol. The molecule has 6 rings (SSSR count). The second kappa shape index (κ2) is 10.4. The highest BCUT2D eigenvalue weighted by Crippen LogP contribution is 2.50. The number of nitrogens with zero attached hydrogens (tertiary/aromatic N) is 2. The summed E-state index contributed by atoms with van der Waals surface area (Å²) in [6.07, 6.45) is 17.5. The third-order valence-corrected chi connectivity index (χ3v) is 9.24. The van der Waals surface area contributed by atoms with Crippen LogP contribution in [0.4, 0.5) is 11.4 Å². The van der Waals surface area contributed by atoms with E-state index in [1.54, 1.807) is 0 Å². The highest BCUT2D eigenvalue weighted by atomic mass is 15.2. The van der Waals surface area contributed by atoms with Gasteiger partial charge in [0.2, 0.25) is 5.69 Å². The van der Waals surface area contributed by atoms with Crippen molar-refractivity contribution < 1.29 is 4.58 Å². The van der Waals surface area contributed by atoms with Crippen LogP contribution in [0.1, 0.15) is 45.7 Å². The predicted molar refractivity (Wildman–Crippen MR) is 182 cm³/mol. The van der Waals surface area contributed by atoms with Crippen LogP contribution in [0.5, 0.6) is 0 Å². The topological polar surface area (TPSA) is 6.25 Å². The lowest BCUT2D eigenvalue weighted by Gasteiger charge is -2.24. The van der Waals surface area contributed by atoms with E-state index in [4.69, 9.17) is 0 Å². The highest BCUT2D eigenvalue weighted by molar-refractivity contribution is 6.07. The number of likely N-dealkylation sites (N-methyl/N-ethyl adjacent to an activating group) is 1. The van der Waals surface area contributed by atoms with E-state index >= 15 is 0 Å². The molecule has 0 bridgehead atoms. The van der Waals surface area contributed by atoms with E-state index in [-0.39, 0.29) is 10.8 Å². The largest absolute Gasteiger partial charge is 0.347 e. The molecule has 0 saturated heterocycles. The molecule has 0 radical (unpaired) electrons. The summed E-state index contributed by atoms with van der Waals surface area (Å²) in [6, 6.07) is 26.4. The molecule has 210 valence electrons. The molecule has 0 unspecified atom stereocenters. The summed E-state index contributed by atoms with van der Waals surface area (Å²) in [5.74, 6) is 0. The van der Waals surface area contributed by atoms with Crippen molar-refractivity contribution in [3.63, 3.8) is 0 Å². The summed E-state index contributed by atoms with van der Waals surface area (Å²) < 4.78 is 2.34. The first-order valence-electron chi connectivity index (χ1n) is 14.9. The van der Waals surface area contributed by atoms with Crippen molar-refractivity contribution in [1.82, 2.24) is 0 Å². The molecule has 2 nitrogen and oxygen atoms in total. The fourth-order valence-corrected chi connectivity index (χ4v) is 7.15. The third-order valence-electron chi connectivity index (χ3n) is 9.24. The zero-order valence-electron chi connectivity index (χ0n) is 25.9. The van der Waals surface area contributed by atoms with E-state index in [9.17, 15) is 0 Å². The van der Waals surface area contributed by atoms with Gasteiger partial charge in [0.15, 0.2) is 5.71 Å². The van der Waals surface area contributed by atoms with Crippen molar-refractivity contribution in [2.45, 2.75) is 45.4 Å².